The number of nitrogens with zero attached hydrogens (tertiary/aromatic N) is 3. The fourth-order valence-electron chi connectivity index (χ4n) is 2.09. The molecule has 0 saturated heterocycles. The van der Waals surface area contributed by atoms with Crippen LogP contribution in [-0.2, 0) is 13.5 Å². The molecule has 7 nitrogen and oxygen atoms in total. The Labute approximate surface area is 129 Å². The molecule has 0 saturated carbocycles. The Morgan fingerprint density at radius 3 is 2.64 bits per heavy atom. The number of hydrogen-bond donors (Lipinski definition) is 1. The molecule has 0 spiro atoms. The summed E-state index contributed by atoms with van der Waals surface area (Å²) in [6.07, 6.45) is 2.33. The number of nitro groups is 1. The number of ether oxygens (including phenoxy) is 1. The highest BCUT2D eigenvalue weighted by atomic mass is 16.6. The second-order valence-corrected chi connectivity index (χ2v) is 5.27. The van der Waals surface area contributed by atoms with Gasteiger partial charge in [-0.3, -0.25) is 4.57 Å². The quantitative estimate of drug-likeness (QED) is 0.628. The van der Waals surface area contributed by atoms with E-state index in [4.69, 9.17) is 4.74 Å². The van der Waals surface area contributed by atoms with Gasteiger partial charge in [-0.25, -0.2) is 0 Å². The zero-order valence-electron chi connectivity index (χ0n) is 12.9. The van der Waals surface area contributed by atoms with Gasteiger partial charge in [0.2, 0.25) is 12.1 Å². The molecule has 2 aromatic rings. The van der Waals surface area contributed by atoms with Crippen LogP contribution in [0.1, 0.15) is 19.4 Å². The lowest BCUT2D eigenvalue weighted by Crippen LogP contribution is -2.09. The van der Waals surface area contributed by atoms with Gasteiger partial charge in [0, 0.05) is 13.6 Å². The van der Waals surface area contributed by atoms with Gasteiger partial charge in [-0.05, 0) is 47.9 Å². The topological polar surface area (TPSA) is 82.2 Å². The van der Waals surface area contributed by atoms with Gasteiger partial charge in [-0.1, -0.05) is 12.1 Å². The molecule has 1 aromatic carbocycles. The smallest absolute Gasteiger partial charge is 0.406 e. The summed E-state index contributed by atoms with van der Waals surface area (Å²) in [4.78, 5) is 14.1. The summed E-state index contributed by atoms with van der Waals surface area (Å²) in [6.45, 7) is 4.56. The van der Waals surface area contributed by atoms with Crippen LogP contribution in [-0.4, -0.2) is 27.1 Å². The Balaban J connectivity index is 1.91. The number of benzene rings is 1. The first-order chi connectivity index (χ1) is 10.5. The standard InChI is InChI=1S/C15H20N4O3/c1-11(2)22-13-6-4-12(5-7-13)8-9-16-14-15(19(20)21)17-10-18(14)3/h4-7,10-11,16H,8-9H2,1-3H3. The van der Waals surface area contributed by atoms with Gasteiger partial charge < -0.3 is 20.2 Å². The van der Waals surface area contributed by atoms with Crippen LogP contribution in [0, 0.1) is 10.1 Å². The monoisotopic (exact) mass is 304 g/mol. The zero-order chi connectivity index (χ0) is 16.1. The van der Waals surface area contributed by atoms with Crippen molar-refractivity contribution >= 4 is 11.6 Å². The molecule has 22 heavy (non-hydrogen) atoms. The Kier molecular flexibility index (Phi) is 4.98. The maximum Gasteiger partial charge on any atom is 0.406 e. The lowest BCUT2D eigenvalue weighted by molar-refractivity contribution is -0.388. The summed E-state index contributed by atoms with van der Waals surface area (Å²) < 4.78 is 7.20. The van der Waals surface area contributed by atoms with E-state index in [1.165, 1.54) is 6.33 Å². The number of nitrogens with one attached hydrogen (secondary N) is 1. The SMILES string of the molecule is CC(C)Oc1ccc(CCNc2c([N+](=O)[O-])ncn2C)cc1. The molecule has 7 heteroatoms. The number of hydrogen-bond acceptors (Lipinski definition) is 5. The van der Waals surface area contributed by atoms with Crippen LogP contribution >= 0.6 is 0 Å². The van der Waals surface area contributed by atoms with Crippen LogP contribution in [0.25, 0.3) is 0 Å². The molecule has 0 fully saturated rings. The highest BCUT2D eigenvalue weighted by Crippen LogP contribution is 2.21. The maximum absolute atomic E-state index is 10.9. The average molecular weight is 304 g/mol. The first kappa shape index (κ1) is 15.8. The predicted molar refractivity (Wildman–Crippen MR) is 84.3 cm³/mol. The number of imidazole rings is 1. The number of aromatic nitrogens is 2. The van der Waals surface area contributed by atoms with Crippen molar-refractivity contribution in [2.24, 2.45) is 7.05 Å². The van der Waals surface area contributed by atoms with E-state index < -0.39 is 4.92 Å². The van der Waals surface area contributed by atoms with E-state index in [-0.39, 0.29) is 11.9 Å². The minimum absolute atomic E-state index is 0.150. The summed E-state index contributed by atoms with van der Waals surface area (Å²) in [6, 6.07) is 7.86. The molecule has 1 heterocycles. The van der Waals surface area contributed by atoms with Crippen molar-refractivity contribution in [3.8, 4) is 5.75 Å². The normalized spacial score (nSPS) is 10.7. The van der Waals surface area contributed by atoms with Crippen LogP contribution < -0.4 is 10.1 Å². The Morgan fingerprint density at radius 2 is 2.05 bits per heavy atom. The van der Waals surface area contributed by atoms with Crippen LogP contribution in [0.2, 0.25) is 0 Å². The minimum Gasteiger partial charge on any atom is -0.491 e. The summed E-state index contributed by atoms with van der Waals surface area (Å²) >= 11 is 0. The Hall–Kier alpha value is -2.57. The molecule has 0 atom stereocenters. The average Bonchev–Trinajstić information content (AvgIpc) is 2.82. The number of aryl methyl sites for hydroxylation is 1. The second kappa shape index (κ2) is 6.93. The van der Waals surface area contributed by atoms with Crippen LogP contribution in [0.15, 0.2) is 30.6 Å². The summed E-state index contributed by atoms with van der Waals surface area (Å²) in [7, 11) is 1.72. The molecular formula is C15H20N4O3. The molecule has 0 radical (unpaired) electrons. The maximum atomic E-state index is 10.9. The highest BCUT2D eigenvalue weighted by molar-refractivity contribution is 5.52. The van der Waals surface area contributed by atoms with Crippen molar-refractivity contribution in [3.63, 3.8) is 0 Å². The van der Waals surface area contributed by atoms with Crippen LogP contribution in [0.5, 0.6) is 5.75 Å². The molecule has 1 aromatic heterocycles. The molecule has 1 N–H and O–H groups in total. The third-order valence-corrected chi connectivity index (χ3v) is 3.09. The van der Waals surface area contributed by atoms with E-state index in [9.17, 15) is 10.1 Å². The van der Waals surface area contributed by atoms with E-state index in [2.05, 4.69) is 10.3 Å². The van der Waals surface area contributed by atoms with Gasteiger partial charge in [0.25, 0.3) is 0 Å². The van der Waals surface area contributed by atoms with Gasteiger partial charge in [-0.15, -0.1) is 0 Å². The molecule has 0 aliphatic rings. The van der Waals surface area contributed by atoms with Crippen molar-refractivity contribution in [1.82, 2.24) is 9.55 Å². The number of anilines is 1. The first-order valence-corrected chi connectivity index (χ1v) is 7.12. The fourth-order valence-corrected chi connectivity index (χ4v) is 2.09. The lowest BCUT2D eigenvalue weighted by Gasteiger charge is -2.10. The highest BCUT2D eigenvalue weighted by Gasteiger charge is 2.19. The Morgan fingerprint density at radius 1 is 1.36 bits per heavy atom. The van der Waals surface area contributed by atoms with Crippen LogP contribution in [0.3, 0.4) is 0 Å². The van der Waals surface area contributed by atoms with Crippen molar-refractivity contribution in [2.45, 2.75) is 26.4 Å². The molecule has 0 aliphatic heterocycles. The third-order valence-electron chi connectivity index (χ3n) is 3.09. The van der Waals surface area contributed by atoms with Gasteiger partial charge >= 0.3 is 5.82 Å². The Bertz CT molecular complexity index is 635. The van der Waals surface area contributed by atoms with E-state index in [0.717, 1.165) is 17.7 Å². The molecule has 0 unspecified atom stereocenters. The second-order valence-electron chi connectivity index (χ2n) is 5.27. The summed E-state index contributed by atoms with van der Waals surface area (Å²) in [5, 5.41) is 13.9. The summed E-state index contributed by atoms with van der Waals surface area (Å²) in [5.74, 6) is 1.11. The van der Waals surface area contributed by atoms with Crippen molar-refractivity contribution < 1.29 is 9.66 Å². The zero-order valence-corrected chi connectivity index (χ0v) is 12.9. The molecule has 0 bridgehead atoms. The van der Waals surface area contributed by atoms with Crippen molar-refractivity contribution in [2.75, 3.05) is 11.9 Å². The van der Waals surface area contributed by atoms with E-state index in [1.807, 2.05) is 38.1 Å². The van der Waals surface area contributed by atoms with E-state index in [0.29, 0.717) is 12.4 Å². The lowest BCUT2D eigenvalue weighted by atomic mass is 10.1. The molecule has 2 rings (SSSR count). The van der Waals surface area contributed by atoms with Gasteiger partial charge in [0.15, 0.2) is 0 Å². The number of rotatable bonds is 7. The van der Waals surface area contributed by atoms with Gasteiger partial charge in [-0.2, -0.15) is 0 Å². The first-order valence-electron chi connectivity index (χ1n) is 7.12. The van der Waals surface area contributed by atoms with Crippen molar-refractivity contribution in [1.29, 1.82) is 0 Å². The fraction of sp³-hybridized carbons (Fsp3) is 0.400. The van der Waals surface area contributed by atoms with Crippen LogP contribution in [0.4, 0.5) is 11.6 Å². The molecular weight excluding hydrogens is 284 g/mol. The molecule has 118 valence electrons. The van der Waals surface area contributed by atoms with Gasteiger partial charge in [0.1, 0.15) is 5.75 Å². The van der Waals surface area contributed by atoms with Crippen molar-refractivity contribution in [3.05, 3.63) is 46.3 Å². The molecule has 0 aliphatic carbocycles. The largest absolute Gasteiger partial charge is 0.491 e. The van der Waals surface area contributed by atoms with E-state index in [1.54, 1.807) is 11.6 Å². The summed E-state index contributed by atoms with van der Waals surface area (Å²) in [5.41, 5.74) is 1.13. The molecule has 0 amide bonds. The van der Waals surface area contributed by atoms with E-state index >= 15 is 0 Å². The van der Waals surface area contributed by atoms with Gasteiger partial charge in [0.05, 0.1) is 6.10 Å². The minimum atomic E-state index is -0.486. The third kappa shape index (κ3) is 3.97. The predicted octanol–water partition coefficient (Wildman–Crippen LogP) is 2.77.